The Labute approximate surface area is 80.5 Å². The molecule has 0 bridgehead atoms. The largest absolute Gasteiger partial charge is 0.395 e. The zero-order valence-electron chi connectivity index (χ0n) is 7.02. The Morgan fingerprint density at radius 3 is 2.85 bits per heavy atom. The lowest BCUT2D eigenvalue weighted by Crippen LogP contribution is -2.18. The highest BCUT2D eigenvalue weighted by Crippen LogP contribution is 2.17. The first kappa shape index (κ1) is 10.4. The average molecular weight is 222 g/mol. The van der Waals surface area contributed by atoms with E-state index in [2.05, 4.69) is 9.71 Å². The molecule has 0 saturated carbocycles. The molecule has 0 aromatic carbocycles. The first-order valence-corrected chi connectivity index (χ1v) is 6.04. The summed E-state index contributed by atoms with van der Waals surface area (Å²) in [6.45, 7) is 1.45. The van der Waals surface area contributed by atoms with Crippen molar-refractivity contribution >= 4 is 26.5 Å². The maximum Gasteiger partial charge on any atom is 0.236 e. The first-order chi connectivity index (χ1) is 6.03. The highest BCUT2D eigenvalue weighted by atomic mass is 32.2. The summed E-state index contributed by atoms with van der Waals surface area (Å²) in [5.74, 6) is -0.300. The van der Waals surface area contributed by atoms with E-state index in [4.69, 9.17) is 5.11 Å². The number of nitrogens with zero attached hydrogens (tertiary/aromatic N) is 1. The van der Waals surface area contributed by atoms with Gasteiger partial charge in [0.1, 0.15) is 0 Å². The number of hydrogen-bond acceptors (Lipinski definition) is 5. The molecule has 5 nitrogen and oxygen atoms in total. The van der Waals surface area contributed by atoms with Crippen molar-refractivity contribution in [2.45, 2.75) is 6.92 Å². The summed E-state index contributed by atoms with van der Waals surface area (Å²) >= 11 is 1.26. The van der Waals surface area contributed by atoms with Crippen molar-refractivity contribution in [1.29, 1.82) is 0 Å². The summed E-state index contributed by atoms with van der Waals surface area (Å²) in [6.07, 6.45) is 1.58. The number of rotatable bonds is 4. The van der Waals surface area contributed by atoms with Gasteiger partial charge in [0, 0.05) is 11.1 Å². The summed E-state index contributed by atoms with van der Waals surface area (Å²) in [5, 5.41) is 8.79. The van der Waals surface area contributed by atoms with Crippen LogP contribution in [0, 0.1) is 6.92 Å². The van der Waals surface area contributed by atoms with Crippen LogP contribution in [0.5, 0.6) is 0 Å². The number of nitrogens with one attached hydrogen (secondary N) is 1. The monoisotopic (exact) mass is 222 g/mol. The van der Waals surface area contributed by atoms with Crippen LogP contribution in [0.3, 0.4) is 0 Å². The fourth-order valence-electron chi connectivity index (χ4n) is 0.706. The van der Waals surface area contributed by atoms with Gasteiger partial charge in [-0.15, -0.1) is 11.3 Å². The van der Waals surface area contributed by atoms with Crippen molar-refractivity contribution in [2.24, 2.45) is 0 Å². The number of aromatic nitrogens is 1. The minimum Gasteiger partial charge on any atom is -0.395 e. The van der Waals surface area contributed by atoms with E-state index in [1.54, 1.807) is 6.20 Å². The molecule has 0 aliphatic heterocycles. The fraction of sp³-hybridized carbons (Fsp3) is 0.500. The topological polar surface area (TPSA) is 79.3 Å². The predicted octanol–water partition coefficient (Wildman–Crippen LogP) is 0.186. The third-order valence-corrected chi connectivity index (χ3v) is 3.41. The van der Waals surface area contributed by atoms with Gasteiger partial charge in [-0.3, -0.25) is 4.72 Å². The Balaban J connectivity index is 2.69. The maximum absolute atomic E-state index is 11.1. The third-order valence-electron chi connectivity index (χ3n) is 1.22. The fourth-order valence-corrected chi connectivity index (χ4v) is 2.43. The van der Waals surface area contributed by atoms with Gasteiger partial charge in [0.05, 0.1) is 12.4 Å². The van der Waals surface area contributed by atoms with Crippen LogP contribution in [0.4, 0.5) is 5.13 Å². The lowest BCUT2D eigenvalue weighted by Gasteiger charge is -2.01. The van der Waals surface area contributed by atoms with E-state index in [0.717, 1.165) is 4.88 Å². The van der Waals surface area contributed by atoms with E-state index in [1.165, 1.54) is 11.3 Å². The molecule has 0 amide bonds. The van der Waals surface area contributed by atoms with Gasteiger partial charge in [-0.05, 0) is 6.92 Å². The lowest BCUT2D eigenvalue weighted by atomic mass is 10.7. The van der Waals surface area contributed by atoms with Crippen LogP contribution in [0.1, 0.15) is 4.88 Å². The molecule has 1 heterocycles. The second-order valence-electron chi connectivity index (χ2n) is 2.42. The smallest absolute Gasteiger partial charge is 0.236 e. The lowest BCUT2D eigenvalue weighted by molar-refractivity contribution is 0.320. The van der Waals surface area contributed by atoms with Crippen LogP contribution >= 0.6 is 11.3 Å². The van der Waals surface area contributed by atoms with Crippen LogP contribution in [-0.4, -0.2) is 30.9 Å². The summed E-state index contributed by atoms with van der Waals surface area (Å²) < 4.78 is 24.5. The first-order valence-electron chi connectivity index (χ1n) is 3.57. The average Bonchev–Trinajstić information content (AvgIpc) is 2.34. The quantitative estimate of drug-likeness (QED) is 0.762. The molecule has 0 fully saturated rings. The van der Waals surface area contributed by atoms with Gasteiger partial charge in [-0.1, -0.05) is 0 Å². The normalized spacial score (nSPS) is 11.5. The number of hydrogen-bond donors (Lipinski definition) is 2. The summed E-state index contributed by atoms with van der Waals surface area (Å²) in [4.78, 5) is 4.76. The number of thiazole rings is 1. The van der Waals surface area contributed by atoms with Crippen molar-refractivity contribution < 1.29 is 13.5 Å². The van der Waals surface area contributed by atoms with Gasteiger partial charge < -0.3 is 5.11 Å². The van der Waals surface area contributed by atoms with Crippen molar-refractivity contribution in [1.82, 2.24) is 4.98 Å². The number of aliphatic hydroxyl groups excluding tert-OH is 1. The van der Waals surface area contributed by atoms with Crippen LogP contribution in [0.15, 0.2) is 6.20 Å². The standard InChI is InChI=1S/C6H10N2O3S2/c1-5-4-7-6(12-5)8-13(10,11)3-2-9/h4,9H,2-3H2,1H3,(H,7,8). The second kappa shape index (κ2) is 4.03. The van der Waals surface area contributed by atoms with E-state index < -0.39 is 10.0 Å². The van der Waals surface area contributed by atoms with Gasteiger partial charge in [0.25, 0.3) is 0 Å². The van der Waals surface area contributed by atoms with Crippen molar-refractivity contribution in [2.75, 3.05) is 17.1 Å². The van der Waals surface area contributed by atoms with E-state index in [1.807, 2.05) is 6.92 Å². The molecule has 0 aliphatic rings. The molecule has 1 rings (SSSR count). The Morgan fingerprint density at radius 2 is 2.38 bits per heavy atom. The molecule has 1 aromatic heterocycles. The van der Waals surface area contributed by atoms with Gasteiger partial charge in [-0.25, -0.2) is 13.4 Å². The van der Waals surface area contributed by atoms with Crippen LogP contribution in [0.2, 0.25) is 0 Å². The zero-order valence-corrected chi connectivity index (χ0v) is 8.65. The molecule has 0 spiro atoms. The van der Waals surface area contributed by atoms with Crippen LogP contribution in [-0.2, 0) is 10.0 Å². The molecule has 0 radical (unpaired) electrons. The Morgan fingerprint density at radius 1 is 1.69 bits per heavy atom. The van der Waals surface area contributed by atoms with E-state index in [-0.39, 0.29) is 12.4 Å². The van der Waals surface area contributed by atoms with Crippen LogP contribution < -0.4 is 4.72 Å². The van der Waals surface area contributed by atoms with Crippen LogP contribution in [0.25, 0.3) is 0 Å². The number of aliphatic hydroxyl groups is 1. The predicted molar refractivity (Wildman–Crippen MR) is 51.3 cm³/mol. The SMILES string of the molecule is Cc1cnc(NS(=O)(=O)CCO)s1. The van der Waals surface area contributed by atoms with Crippen molar-refractivity contribution in [3.8, 4) is 0 Å². The highest BCUT2D eigenvalue weighted by Gasteiger charge is 2.10. The molecule has 7 heteroatoms. The second-order valence-corrected chi connectivity index (χ2v) is 5.50. The minimum absolute atomic E-state index is 0.300. The zero-order chi connectivity index (χ0) is 9.90. The number of anilines is 1. The molecule has 1 aromatic rings. The molecular formula is C6H10N2O3S2. The molecule has 0 unspecified atom stereocenters. The van der Waals surface area contributed by atoms with E-state index in [9.17, 15) is 8.42 Å². The van der Waals surface area contributed by atoms with Gasteiger partial charge in [0.15, 0.2) is 5.13 Å². The van der Waals surface area contributed by atoms with Crippen molar-refractivity contribution in [3.63, 3.8) is 0 Å². The molecule has 74 valence electrons. The summed E-state index contributed by atoms with van der Waals surface area (Å²) in [7, 11) is -3.42. The third kappa shape index (κ3) is 3.29. The molecule has 2 N–H and O–H groups in total. The molecule has 13 heavy (non-hydrogen) atoms. The molecule has 0 atom stereocenters. The molecule has 0 aliphatic carbocycles. The molecule has 0 saturated heterocycles. The Hall–Kier alpha value is -0.660. The highest BCUT2D eigenvalue weighted by molar-refractivity contribution is 7.92. The summed E-state index contributed by atoms with van der Waals surface area (Å²) in [5.41, 5.74) is 0. The van der Waals surface area contributed by atoms with Gasteiger partial charge >= 0.3 is 0 Å². The Kier molecular flexibility index (Phi) is 3.23. The summed E-state index contributed by atoms with van der Waals surface area (Å²) in [6, 6.07) is 0. The number of aryl methyl sites for hydroxylation is 1. The van der Waals surface area contributed by atoms with E-state index >= 15 is 0 Å². The van der Waals surface area contributed by atoms with Crippen molar-refractivity contribution in [3.05, 3.63) is 11.1 Å². The molecular weight excluding hydrogens is 212 g/mol. The van der Waals surface area contributed by atoms with Gasteiger partial charge in [-0.2, -0.15) is 0 Å². The van der Waals surface area contributed by atoms with E-state index in [0.29, 0.717) is 5.13 Å². The maximum atomic E-state index is 11.1. The minimum atomic E-state index is -3.42. The van der Waals surface area contributed by atoms with Gasteiger partial charge in [0.2, 0.25) is 10.0 Å². The Bertz CT molecular complexity index is 371. The number of sulfonamides is 1.